The average molecular weight is 802 g/mol. The largest absolute Gasteiger partial charge is 2.00 e. The number of hydrogen-bond donors (Lipinski definition) is 0. The molecule has 0 radical (unpaired) electrons. The Morgan fingerprint density at radius 3 is 1.25 bits per heavy atom. The van der Waals surface area contributed by atoms with Crippen molar-refractivity contribution in [2.45, 2.75) is 104 Å². The third-order valence-corrected chi connectivity index (χ3v) is 10.9. The molecule has 2 atom stereocenters. The molecule has 0 aliphatic heterocycles. The van der Waals surface area contributed by atoms with Crippen LogP contribution in [-0.2, 0) is 39.0 Å². The first-order valence-electron chi connectivity index (χ1n) is 20.3. The predicted octanol–water partition coefficient (Wildman–Crippen LogP) is 14.7. The van der Waals surface area contributed by atoms with Gasteiger partial charge in [0.1, 0.15) is 11.5 Å². The number of allylic oxidation sites excluding steroid dienone is 2. The van der Waals surface area contributed by atoms with E-state index in [1.54, 1.807) is 0 Å². The summed E-state index contributed by atoms with van der Waals surface area (Å²) >= 11 is 0. The molecule has 3 heteroatoms. The maximum Gasteiger partial charge on any atom is 2.00 e. The van der Waals surface area contributed by atoms with Crippen molar-refractivity contribution in [2.75, 3.05) is 0 Å². The van der Waals surface area contributed by atoms with Gasteiger partial charge in [-0.1, -0.05) is 148 Å². The first-order chi connectivity index (χ1) is 26.5. The molecule has 2 aliphatic carbocycles. The van der Waals surface area contributed by atoms with Crippen LogP contribution in [0.5, 0.6) is 0 Å². The van der Waals surface area contributed by atoms with Crippen molar-refractivity contribution in [2.24, 2.45) is 0 Å². The molecule has 2 aromatic heterocycles. The fourth-order valence-corrected chi connectivity index (χ4v) is 7.91. The van der Waals surface area contributed by atoms with Crippen LogP contribution in [0.25, 0.3) is 34.4 Å². The first-order valence-corrected chi connectivity index (χ1v) is 20.3. The predicted molar refractivity (Wildman–Crippen MR) is 225 cm³/mol. The van der Waals surface area contributed by atoms with Gasteiger partial charge in [0, 0.05) is 0 Å². The van der Waals surface area contributed by atoms with Crippen molar-refractivity contribution < 1.29 is 35.0 Å². The van der Waals surface area contributed by atoms with Crippen LogP contribution in [0, 0.1) is 26.0 Å². The van der Waals surface area contributed by atoms with Crippen LogP contribution in [0.15, 0.2) is 118 Å². The Morgan fingerprint density at radius 2 is 0.891 bits per heavy atom. The molecule has 4 aromatic carbocycles. The molecule has 55 heavy (non-hydrogen) atoms. The molecular formula is C52H54O2Zr. The zero-order valence-corrected chi connectivity index (χ0v) is 35.5. The summed E-state index contributed by atoms with van der Waals surface area (Å²) in [6, 6.07) is 39.5. The zero-order valence-electron chi connectivity index (χ0n) is 33.1. The van der Waals surface area contributed by atoms with Gasteiger partial charge in [0.25, 0.3) is 0 Å². The van der Waals surface area contributed by atoms with E-state index in [9.17, 15) is 0 Å². The monoisotopic (exact) mass is 800 g/mol. The molecule has 0 fully saturated rings. The number of aryl methyl sites for hydroxylation is 4. The molecular weight excluding hydrogens is 748 g/mol. The van der Waals surface area contributed by atoms with Gasteiger partial charge >= 0.3 is 26.2 Å². The van der Waals surface area contributed by atoms with Crippen molar-refractivity contribution in [1.82, 2.24) is 0 Å². The van der Waals surface area contributed by atoms with Gasteiger partial charge in [-0.2, -0.15) is 11.1 Å². The molecule has 0 N–H and O–H groups in total. The van der Waals surface area contributed by atoms with Crippen molar-refractivity contribution in [3.8, 4) is 22.3 Å². The summed E-state index contributed by atoms with van der Waals surface area (Å²) in [5.74, 6) is 4.05. The standard InChI is InChI=1S/2C26H27O.Zr/c2*1-3-4-5-6-8-20-12-14-21(15-13-20)22-9-7-10-23-24(22)16-17-25(23)26-18-11-19(2)27-26;/h2*7,9-16,18,25H,3-6,8H2,1-2H3;/q2*-1;+2. The van der Waals surface area contributed by atoms with Crippen molar-refractivity contribution in [3.05, 3.63) is 178 Å². The molecule has 0 amide bonds. The van der Waals surface area contributed by atoms with Crippen molar-refractivity contribution in [3.63, 3.8) is 0 Å². The van der Waals surface area contributed by atoms with Crippen LogP contribution in [0.1, 0.15) is 133 Å². The van der Waals surface area contributed by atoms with Gasteiger partial charge in [-0.25, -0.2) is 12.2 Å². The van der Waals surface area contributed by atoms with Crippen LogP contribution >= 0.6 is 0 Å². The second kappa shape index (κ2) is 19.6. The van der Waals surface area contributed by atoms with Crippen LogP contribution in [0.2, 0.25) is 0 Å². The van der Waals surface area contributed by atoms with E-state index in [1.807, 2.05) is 26.0 Å². The van der Waals surface area contributed by atoms with Gasteiger partial charge in [-0.3, -0.25) is 12.2 Å². The van der Waals surface area contributed by atoms with Crippen LogP contribution < -0.4 is 0 Å². The Morgan fingerprint density at radius 1 is 0.473 bits per heavy atom. The van der Waals surface area contributed by atoms with E-state index in [2.05, 4.69) is 135 Å². The number of fused-ring (bicyclic) bond motifs is 2. The van der Waals surface area contributed by atoms with Crippen LogP contribution in [0.3, 0.4) is 0 Å². The minimum absolute atomic E-state index is 0. The SMILES string of the molecule is CCCCCCc1ccc(-c2cccc3c2C=[C-]C3c2ccc(C)o2)cc1.CCCCCCc1ccc(-c2cccc3c2C=[C-]C3c2ccc(C)o2)cc1.[Zr+2]. The second-order valence-corrected chi connectivity index (χ2v) is 15.0. The number of benzene rings is 4. The fourth-order valence-electron chi connectivity index (χ4n) is 7.91. The van der Waals surface area contributed by atoms with Gasteiger partial charge in [0.05, 0.1) is 11.5 Å². The molecule has 0 saturated heterocycles. The number of rotatable bonds is 14. The van der Waals surface area contributed by atoms with Gasteiger partial charge in [-0.05, 0) is 97.9 Å². The maximum atomic E-state index is 5.86. The van der Waals surface area contributed by atoms with Gasteiger partial charge in [0.2, 0.25) is 0 Å². The molecule has 2 aliphatic rings. The summed E-state index contributed by atoms with van der Waals surface area (Å²) in [5.41, 5.74) is 13.1. The second-order valence-electron chi connectivity index (χ2n) is 15.0. The van der Waals surface area contributed by atoms with Crippen molar-refractivity contribution in [1.29, 1.82) is 0 Å². The molecule has 2 heterocycles. The number of unbranched alkanes of at least 4 members (excludes halogenated alkanes) is 6. The van der Waals surface area contributed by atoms with E-state index in [-0.39, 0.29) is 38.0 Å². The molecule has 0 spiro atoms. The van der Waals surface area contributed by atoms with E-state index in [0.29, 0.717) is 0 Å². The smallest absolute Gasteiger partial charge is 0.467 e. The van der Waals surface area contributed by atoms with E-state index in [4.69, 9.17) is 8.83 Å². The zero-order chi connectivity index (χ0) is 37.3. The van der Waals surface area contributed by atoms with Crippen molar-refractivity contribution >= 4 is 12.2 Å². The molecule has 2 nitrogen and oxygen atoms in total. The number of furan rings is 2. The average Bonchev–Trinajstić information content (AvgIpc) is 4.02. The summed E-state index contributed by atoms with van der Waals surface area (Å²) < 4.78 is 11.7. The number of hydrogen-bond acceptors (Lipinski definition) is 2. The fraction of sp³-hybridized carbons (Fsp3) is 0.308. The summed E-state index contributed by atoms with van der Waals surface area (Å²) in [6.45, 7) is 8.50. The Balaban J connectivity index is 0.000000184. The molecule has 0 bridgehead atoms. The molecule has 278 valence electrons. The van der Waals surface area contributed by atoms with Crippen LogP contribution in [0.4, 0.5) is 0 Å². The minimum atomic E-state index is 0. The van der Waals surface area contributed by atoms with E-state index < -0.39 is 0 Å². The summed E-state index contributed by atoms with van der Waals surface area (Å²) in [6.07, 6.45) is 24.1. The van der Waals surface area contributed by atoms with Gasteiger partial charge in [0.15, 0.2) is 0 Å². The topological polar surface area (TPSA) is 26.3 Å². The maximum absolute atomic E-state index is 5.86. The Bertz CT molecular complexity index is 2020. The Kier molecular flexibility index (Phi) is 14.4. The molecule has 8 rings (SSSR count). The Labute approximate surface area is 348 Å². The first kappa shape index (κ1) is 40.5. The molecule has 2 unspecified atom stereocenters. The van der Waals surface area contributed by atoms with Gasteiger partial charge < -0.3 is 8.83 Å². The summed E-state index contributed by atoms with van der Waals surface area (Å²) in [4.78, 5) is 0. The summed E-state index contributed by atoms with van der Waals surface area (Å²) in [7, 11) is 0. The van der Waals surface area contributed by atoms with E-state index >= 15 is 0 Å². The van der Waals surface area contributed by atoms with Crippen LogP contribution in [-0.4, -0.2) is 0 Å². The molecule has 0 saturated carbocycles. The van der Waals surface area contributed by atoms with Gasteiger partial charge in [-0.15, -0.1) is 11.1 Å². The normalized spacial score (nSPS) is 15.0. The third-order valence-electron chi connectivity index (χ3n) is 10.9. The summed E-state index contributed by atoms with van der Waals surface area (Å²) in [5, 5.41) is 0. The molecule has 6 aromatic rings. The van der Waals surface area contributed by atoms with E-state index in [0.717, 1.165) is 23.0 Å². The third kappa shape index (κ3) is 9.79. The van der Waals surface area contributed by atoms with E-state index in [1.165, 1.54) is 120 Å². The Hall–Kier alpha value is -4.20. The minimum Gasteiger partial charge on any atom is -0.467 e. The quantitative estimate of drug-likeness (QED) is 0.0810.